The third kappa shape index (κ3) is 4.13. The summed E-state index contributed by atoms with van der Waals surface area (Å²) in [6.07, 6.45) is -4.44. The second-order valence-electron chi connectivity index (χ2n) is 4.20. The smallest absolute Gasteiger partial charge is 0.376 e. The van der Waals surface area contributed by atoms with Crippen molar-refractivity contribution < 1.29 is 18.0 Å². The molecule has 106 valence electrons. The van der Waals surface area contributed by atoms with E-state index in [0.717, 1.165) is 12.1 Å². The summed E-state index contributed by atoms with van der Waals surface area (Å²) in [5.41, 5.74) is -0.143. The zero-order valence-corrected chi connectivity index (χ0v) is 10.9. The van der Waals surface area contributed by atoms with Crippen LogP contribution in [0.15, 0.2) is 18.2 Å². The third-order valence-corrected chi connectivity index (χ3v) is 2.42. The highest BCUT2D eigenvalue weighted by atomic mass is 19.4. The highest BCUT2D eigenvalue weighted by Gasteiger charge is 2.31. The zero-order chi connectivity index (χ0) is 14.6. The lowest BCUT2D eigenvalue weighted by atomic mass is 10.1. The van der Waals surface area contributed by atoms with Gasteiger partial charge in [-0.3, -0.25) is 4.79 Å². The highest BCUT2D eigenvalue weighted by Crippen LogP contribution is 2.34. The normalized spacial score (nSPS) is 11.3. The van der Waals surface area contributed by atoms with E-state index in [9.17, 15) is 18.0 Å². The number of likely N-dealkylation sites (N-methyl/N-ethyl adjacent to an activating group) is 1. The number of amides is 1. The van der Waals surface area contributed by atoms with E-state index in [2.05, 4.69) is 10.6 Å². The number of nitrogens with zero attached hydrogens (tertiary/aromatic N) is 1. The minimum Gasteiger partial charge on any atom is -0.376 e. The minimum atomic E-state index is -4.44. The summed E-state index contributed by atoms with van der Waals surface area (Å²) in [7, 11) is 4.96. The van der Waals surface area contributed by atoms with E-state index >= 15 is 0 Å². The largest absolute Gasteiger partial charge is 0.416 e. The Morgan fingerprint density at radius 2 is 1.95 bits per heavy atom. The van der Waals surface area contributed by atoms with Gasteiger partial charge in [-0.25, -0.2) is 0 Å². The van der Waals surface area contributed by atoms with Gasteiger partial charge in [0, 0.05) is 14.1 Å². The van der Waals surface area contributed by atoms with Crippen molar-refractivity contribution in [2.75, 3.05) is 37.9 Å². The van der Waals surface area contributed by atoms with E-state index < -0.39 is 17.6 Å². The first kappa shape index (κ1) is 15.3. The van der Waals surface area contributed by atoms with Gasteiger partial charge < -0.3 is 15.5 Å². The predicted octanol–water partition coefficient (Wildman–Crippen LogP) is 1.93. The van der Waals surface area contributed by atoms with Crippen molar-refractivity contribution >= 4 is 17.3 Å². The molecule has 0 spiro atoms. The molecule has 0 aliphatic carbocycles. The van der Waals surface area contributed by atoms with E-state index in [1.165, 1.54) is 6.07 Å². The summed E-state index contributed by atoms with van der Waals surface area (Å²) in [4.78, 5) is 13.1. The maximum atomic E-state index is 12.6. The number of hydrogen-bond acceptors (Lipinski definition) is 3. The van der Waals surface area contributed by atoms with E-state index in [1.807, 2.05) is 0 Å². The lowest BCUT2D eigenvalue weighted by molar-refractivity contribution is -0.137. The maximum Gasteiger partial charge on any atom is 0.416 e. The van der Waals surface area contributed by atoms with Crippen LogP contribution in [0.25, 0.3) is 0 Å². The van der Waals surface area contributed by atoms with E-state index in [1.54, 1.807) is 26.0 Å². The fourth-order valence-corrected chi connectivity index (χ4v) is 1.56. The Hall–Kier alpha value is -1.76. The number of benzene rings is 1. The van der Waals surface area contributed by atoms with Gasteiger partial charge in [-0.1, -0.05) is 0 Å². The van der Waals surface area contributed by atoms with Crippen molar-refractivity contribution in [2.45, 2.75) is 6.18 Å². The molecule has 0 bridgehead atoms. The quantitative estimate of drug-likeness (QED) is 0.882. The molecule has 1 rings (SSSR count). The molecule has 0 saturated carbocycles. The van der Waals surface area contributed by atoms with Crippen LogP contribution in [0.2, 0.25) is 0 Å². The van der Waals surface area contributed by atoms with Crippen LogP contribution in [0.3, 0.4) is 0 Å². The van der Waals surface area contributed by atoms with E-state index in [0.29, 0.717) is 5.69 Å². The van der Waals surface area contributed by atoms with Crippen LogP contribution in [0, 0.1) is 0 Å². The van der Waals surface area contributed by atoms with Crippen molar-refractivity contribution in [3.8, 4) is 0 Å². The molecule has 0 atom stereocenters. The van der Waals surface area contributed by atoms with Crippen LogP contribution in [-0.2, 0) is 11.0 Å². The summed E-state index contributed by atoms with van der Waals surface area (Å²) in [6.45, 7) is 0.0309. The molecule has 2 N–H and O–H groups in total. The van der Waals surface area contributed by atoms with Crippen LogP contribution < -0.4 is 15.5 Å². The second kappa shape index (κ2) is 5.92. The Bertz CT molecular complexity index is 458. The second-order valence-corrected chi connectivity index (χ2v) is 4.20. The van der Waals surface area contributed by atoms with Gasteiger partial charge in [0.15, 0.2) is 0 Å². The first-order chi connectivity index (χ1) is 8.75. The van der Waals surface area contributed by atoms with Gasteiger partial charge in [0.05, 0.1) is 23.5 Å². The monoisotopic (exact) mass is 275 g/mol. The molecule has 1 aromatic rings. The fourth-order valence-electron chi connectivity index (χ4n) is 1.56. The average Bonchev–Trinajstić information content (AvgIpc) is 2.27. The zero-order valence-electron chi connectivity index (χ0n) is 10.9. The van der Waals surface area contributed by atoms with Crippen LogP contribution in [0.1, 0.15) is 5.56 Å². The first-order valence-electron chi connectivity index (χ1n) is 5.58. The van der Waals surface area contributed by atoms with Crippen LogP contribution in [0.4, 0.5) is 24.5 Å². The number of anilines is 2. The van der Waals surface area contributed by atoms with Crippen LogP contribution in [-0.4, -0.2) is 33.6 Å². The molecular weight excluding hydrogens is 259 g/mol. The van der Waals surface area contributed by atoms with E-state index in [-0.39, 0.29) is 12.2 Å². The molecule has 1 amide bonds. The molecular formula is C12H16F3N3O. The highest BCUT2D eigenvalue weighted by molar-refractivity contribution is 5.95. The van der Waals surface area contributed by atoms with Gasteiger partial charge in [0.1, 0.15) is 0 Å². The van der Waals surface area contributed by atoms with Gasteiger partial charge >= 0.3 is 6.18 Å². The molecule has 7 heteroatoms. The lowest BCUT2D eigenvalue weighted by Gasteiger charge is -2.19. The number of hydrogen-bond donors (Lipinski definition) is 2. The Kier molecular flexibility index (Phi) is 4.77. The van der Waals surface area contributed by atoms with Gasteiger partial charge in [0.25, 0.3) is 0 Å². The summed E-state index contributed by atoms with van der Waals surface area (Å²) in [5, 5.41) is 5.10. The summed E-state index contributed by atoms with van der Waals surface area (Å²) >= 11 is 0. The molecule has 0 aromatic heterocycles. The minimum absolute atomic E-state index is 0.0309. The average molecular weight is 275 g/mol. The summed E-state index contributed by atoms with van der Waals surface area (Å²) < 4.78 is 37.9. The van der Waals surface area contributed by atoms with Crippen molar-refractivity contribution in [1.82, 2.24) is 5.32 Å². The van der Waals surface area contributed by atoms with Crippen molar-refractivity contribution in [3.05, 3.63) is 23.8 Å². The number of alkyl halides is 3. The summed E-state index contributed by atoms with van der Waals surface area (Å²) in [5.74, 6) is -0.398. The van der Waals surface area contributed by atoms with Gasteiger partial charge in [-0.15, -0.1) is 0 Å². The van der Waals surface area contributed by atoms with Crippen LogP contribution >= 0.6 is 0 Å². The molecule has 4 nitrogen and oxygen atoms in total. The predicted molar refractivity (Wildman–Crippen MR) is 68.3 cm³/mol. The summed E-state index contributed by atoms with van der Waals surface area (Å²) in [6, 6.07) is 3.25. The molecule has 0 fully saturated rings. The Labute approximate surface area is 109 Å². The number of carbonyl (C=O) groups is 1. The van der Waals surface area contributed by atoms with Gasteiger partial charge in [0.2, 0.25) is 5.91 Å². The molecule has 1 aromatic carbocycles. The maximum absolute atomic E-state index is 12.6. The SMILES string of the molecule is CNCC(=O)Nc1cc(C(F)(F)F)ccc1N(C)C. The lowest BCUT2D eigenvalue weighted by Crippen LogP contribution is -2.26. The topological polar surface area (TPSA) is 44.4 Å². The Morgan fingerprint density at radius 1 is 1.32 bits per heavy atom. The van der Waals surface area contributed by atoms with Crippen molar-refractivity contribution in [2.24, 2.45) is 0 Å². The molecule has 19 heavy (non-hydrogen) atoms. The van der Waals surface area contributed by atoms with Gasteiger partial charge in [-0.05, 0) is 25.2 Å². The molecule has 0 radical (unpaired) electrons. The number of rotatable bonds is 4. The van der Waals surface area contributed by atoms with Crippen molar-refractivity contribution in [3.63, 3.8) is 0 Å². The number of nitrogens with one attached hydrogen (secondary N) is 2. The molecule has 0 aliphatic heterocycles. The number of halogens is 3. The molecule has 0 aliphatic rings. The van der Waals surface area contributed by atoms with E-state index in [4.69, 9.17) is 0 Å². The standard InChI is InChI=1S/C12H16F3N3O/c1-16-7-11(19)17-9-6-8(12(13,14)15)4-5-10(9)18(2)3/h4-6,16H,7H2,1-3H3,(H,17,19). The Balaban J connectivity index is 3.12. The Morgan fingerprint density at radius 3 is 2.42 bits per heavy atom. The molecule has 0 saturated heterocycles. The number of carbonyl (C=O) groups excluding carboxylic acids is 1. The third-order valence-electron chi connectivity index (χ3n) is 2.42. The molecule has 0 unspecified atom stereocenters. The van der Waals surface area contributed by atoms with Gasteiger partial charge in [-0.2, -0.15) is 13.2 Å². The fraction of sp³-hybridized carbons (Fsp3) is 0.417. The van der Waals surface area contributed by atoms with Crippen LogP contribution in [0.5, 0.6) is 0 Å². The van der Waals surface area contributed by atoms with Crippen molar-refractivity contribution in [1.29, 1.82) is 0 Å². The first-order valence-corrected chi connectivity index (χ1v) is 5.58. The molecule has 0 heterocycles.